The van der Waals surface area contributed by atoms with E-state index in [1.165, 1.54) is 5.56 Å². The summed E-state index contributed by atoms with van der Waals surface area (Å²) in [5, 5.41) is 14.1. The van der Waals surface area contributed by atoms with E-state index in [1.807, 2.05) is 18.2 Å². The monoisotopic (exact) mass is 330 g/mol. The maximum absolute atomic E-state index is 12.5. The second-order valence-corrected chi connectivity index (χ2v) is 7.90. The van der Waals surface area contributed by atoms with E-state index in [9.17, 15) is 9.90 Å². The molecule has 0 radical (unpaired) electrons. The van der Waals surface area contributed by atoms with Gasteiger partial charge in [0.2, 0.25) is 5.91 Å². The molecular formula is C20H30N2O2. The van der Waals surface area contributed by atoms with E-state index in [2.05, 4.69) is 30.1 Å². The number of rotatable bonds is 5. The van der Waals surface area contributed by atoms with Crippen molar-refractivity contribution in [3.63, 3.8) is 0 Å². The van der Waals surface area contributed by atoms with Gasteiger partial charge in [-0.2, -0.15) is 0 Å². The van der Waals surface area contributed by atoms with Crippen molar-refractivity contribution in [3.05, 3.63) is 35.4 Å². The van der Waals surface area contributed by atoms with E-state index in [4.69, 9.17) is 0 Å². The molecule has 1 saturated heterocycles. The Bertz CT molecular complexity index is 587. The standard InChI is InChI=1S/C20H30N2O2/c1-15(2)12-22-11-9-17(13-22)19(23)21-14-20(24)10-5-7-16-6-3-4-8-18(16)20/h3-4,6,8,15,17,24H,5,7,9-14H2,1-2H3,(H,21,23). The summed E-state index contributed by atoms with van der Waals surface area (Å²) in [4.78, 5) is 14.9. The number of nitrogens with one attached hydrogen (secondary N) is 1. The van der Waals surface area contributed by atoms with Crippen molar-refractivity contribution in [2.24, 2.45) is 11.8 Å². The SMILES string of the molecule is CC(C)CN1CCC(C(=O)NCC2(O)CCCc3ccccc32)C1. The van der Waals surface area contributed by atoms with E-state index in [0.717, 1.165) is 44.5 Å². The number of amides is 1. The van der Waals surface area contributed by atoms with Crippen molar-refractivity contribution in [3.8, 4) is 0 Å². The van der Waals surface area contributed by atoms with E-state index in [-0.39, 0.29) is 11.8 Å². The van der Waals surface area contributed by atoms with Crippen LogP contribution in [0.15, 0.2) is 24.3 Å². The van der Waals surface area contributed by atoms with Crippen LogP contribution < -0.4 is 5.32 Å². The molecule has 1 amide bonds. The van der Waals surface area contributed by atoms with Gasteiger partial charge in [-0.25, -0.2) is 0 Å². The lowest BCUT2D eigenvalue weighted by molar-refractivity contribution is -0.126. The fourth-order valence-electron chi connectivity index (χ4n) is 4.19. The number of nitrogens with zero attached hydrogens (tertiary/aromatic N) is 1. The minimum absolute atomic E-state index is 0.0613. The molecule has 1 aromatic carbocycles. The first-order valence-corrected chi connectivity index (χ1v) is 9.29. The van der Waals surface area contributed by atoms with Crippen molar-refractivity contribution in [1.29, 1.82) is 0 Å². The Labute approximate surface area is 145 Å². The van der Waals surface area contributed by atoms with Crippen LogP contribution in [0.25, 0.3) is 0 Å². The molecule has 1 aromatic rings. The molecule has 0 spiro atoms. The van der Waals surface area contributed by atoms with E-state index < -0.39 is 5.60 Å². The first-order chi connectivity index (χ1) is 11.5. The quantitative estimate of drug-likeness (QED) is 0.871. The van der Waals surface area contributed by atoms with Gasteiger partial charge < -0.3 is 15.3 Å². The normalized spacial score (nSPS) is 27.2. The first kappa shape index (κ1) is 17.4. The Morgan fingerprint density at radius 3 is 3.00 bits per heavy atom. The molecule has 4 nitrogen and oxygen atoms in total. The Morgan fingerprint density at radius 2 is 2.21 bits per heavy atom. The highest BCUT2D eigenvalue weighted by atomic mass is 16.3. The predicted octanol–water partition coefficient (Wildman–Crippen LogP) is 2.30. The van der Waals surface area contributed by atoms with Crippen molar-refractivity contribution in [2.75, 3.05) is 26.2 Å². The number of fused-ring (bicyclic) bond motifs is 1. The minimum Gasteiger partial charge on any atom is -0.383 e. The lowest BCUT2D eigenvalue weighted by Crippen LogP contribution is -2.45. The Morgan fingerprint density at radius 1 is 1.42 bits per heavy atom. The fraction of sp³-hybridized carbons (Fsp3) is 0.650. The number of carbonyl (C=O) groups excluding carboxylic acids is 1. The summed E-state index contributed by atoms with van der Waals surface area (Å²) in [5.74, 6) is 0.787. The smallest absolute Gasteiger partial charge is 0.224 e. The van der Waals surface area contributed by atoms with E-state index >= 15 is 0 Å². The molecule has 2 unspecified atom stereocenters. The number of aryl methyl sites for hydroxylation is 1. The van der Waals surface area contributed by atoms with Crippen LogP contribution >= 0.6 is 0 Å². The van der Waals surface area contributed by atoms with Crippen LogP contribution in [-0.2, 0) is 16.8 Å². The van der Waals surface area contributed by atoms with Gasteiger partial charge in [0.1, 0.15) is 5.60 Å². The number of likely N-dealkylation sites (tertiary alicyclic amines) is 1. The zero-order valence-corrected chi connectivity index (χ0v) is 14.9. The summed E-state index contributed by atoms with van der Waals surface area (Å²) in [6.07, 6.45) is 3.62. The van der Waals surface area contributed by atoms with Gasteiger partial charge in [-0.3, -0.25) is 4.79 Å². The van der Waals surface area contributed by atoms with Gasteiger partial charge in [-0.1, -0.05) is 38.1 Å². The maximum atomic E-state index is 12.5. The van der Waals surface area contributed by atoms with Gasteiger partial charge in [-0.15, -0.1) is 0 Å². The van der Waals surface area contributed by atoms with Crippen LogP contribution in [0.5, 0.6) is 0 Å². The molecule has 0 bridgehead atoms. The molecule has 2 N–H and O–H groups in total. The zero-order chi connectivity index (χ0) is 17.2. The molecule has 1 aliphatic carbocycles. The van der Waals surface area contributed by atoms with Gasteiger partial charge in [0.15, 0.2) is 0 Å². The molecule has 24 heavy (non-hydrogen) atoms. The summed E-state index contributed by atoms with van der Waals surface area (Å²) in [5.41, 5.74) is 1.29. The topological polar surface area (TPSA) is 52.6 Å². The van der Waals surface area contributed by atoms with Crippen LogP contribution in [0.1, 0.15) is 44.2 Å². The number of benzene rings is 1. The zero-order valence-electron chi connectivity index (χ0n) is 14.9. The minimum atomic E-state index is -0.916. The third-order valence-corrected chi connectivity index (χ3v) is 5.38. The van der Waals surface area contributed by atoms with Gasteiger partial charge in [0, 0.05) is 13.1 Å². The third-order valence-electron chi connectivity index (χ3n) is 5.38. The molecule has 4 heteroatoms. The van der Waals surface area contributed by atoms with Crippen LogP contribution in [0.3, 0.4) is 0 Å². The average molecular weight is 330 g/mol. The molecule has 2 atom stereocenters. The summed E-state index contributed by atoms with van der Waals surface area (Å²) in [6, 6.07) is 8.07. The van der Waals surface area contributed by atoms with Crippen molar-refractivity contribution in [1.82, 2.24) is 10.2 Å². The molecule has 2 aliphatic rings. The van der Waals surface area contributed by atoms with Gasteiger partial charge >= 0.3 is 0 Å². The largest absolute Gasteiger partial charge is 0.383 e. The Hall–Kier alpha value is -1.39. The maximum Gasteiger partial charge on any atom is 0.224 e. The summed E-state index contributed by atoms with van der Waals surface area (Å²) in [7, 11) is 0. The molecular weight excluding hydrogens is 300 g/mol. The van der Waals surface area contributed by atoms with Gasteiger partial charge in [-0.05, 0) is 49.3 Å². The summed E-state index contributed by atoms with van der Waals surface area (Å²) >= 11 is 0. The number of aliphatic hydroxyl groups is 1. The van der Waals surface area contributed by atoms with Crippen molar-refractivity contribution < 1.29 is 9.90 Å². The second kappa shape index (κ2) is 7.24. The van der Waals surface area contributed by atoms with Gasteiger partial charge in [0.25, 0.3) is 0 Å². The van der Waals surface area contributed by atoms with Crippen molar-refractivity contribution in [2.45, 2.75) is 45.1 Å². The molecule has 1 heterocycles. The Kier molecular flexibility index (Phi) is 5.26. The lowest BCUT2D eigenvalue weighted by atomic mass is 9.79. The second-order valence-electron chi connectivity index (χ2n) is 7.90. The summed E-state index contributed by atoms with van der Waals surface area (Å²) in [6.45, 7) is 7.65. The highest BCUT2D eigenvalue weighted by Gasteiger charge is 2.36. The van der Waals surface area contributed by atoms with E-state index in [0.29, 0.717) is 18.9 Å². The predicted molar refractivity (Wildman–Crippen MR) is 95.7 cm³/mol. The molecule has 132 valence electrons. The molecule has 0 aromatic heterocycles. The van der Waals surface area contributed by atoms with Crippen LogP contribution in [0, 0.1) is 11.8 Å². The van der Waals surface area contributed by atoms with Crippen LogP contribution in [0.4, 0.5) is 0 Å². The van der Waals surface area contributed by atoms with E-state index in [1.54, 1.807) is 0 Å². The number of carbonyl (C=O) groups is 1. The molecule has 1 fully saturated rings. The fourth-order valence-corrected chi connectivity index (χ4v) is 4.19. The van der Waals surface area contributed by atoms with Gasteiger partial charge in [0.05, 0.1) is 12.5 Å². The molecule has 1 aliphatic heterocycles. The Balaban J connectivity index is 1.57. The first-order valence-electron chi connectivity index (χ1n) is 9.29. The van der Waals surface area contributed by atoms with Crippen LogP contribution in [0.2, 0.25) is 0 Å². The lowest BCUT2D eigenvalue weighted by Gasteiger charge is -2.35. The third kappa shape index (κ3) is 3.81. The highest BCUT2D eigenvalue weighted by molar-refractivity contribution is 5.79. The summed E-state index contributed by atoms with van der Waals surface area (Å²) < 4.78 is 0. The number of hydrogen-bond acceptors (Lipinski definition) is 3. The van der Waals surface area contributed by atoms with Crippen LogP contribution in [-0.4, -0.2) is 42.1 Å². The molecule has 0 saturated carbocycles. The highest BCUT2D eigenvalue weighted by Crippen LogP contribution is 2.34. The molecule has 3 rings (SSSR count). The average Bonchev–Trinajstić information content (AvgIpc) is 3.01. The van der Waals surface area contributed by atoms with Crippen molar-refractivity contribution >= 4 is 5.91 Å². The number of hydrogen-bond donors (Lipinski definition) is 2.